The molecule has 6 nitrogen and oxygen atoms in total. The lowest BCUT2D eigenvalue weighted by atomic mass is 9.80. The molecule has 6 heteroatoms. The van der Waals surface area contributed by atoms with Crippen molar-refractivity contribution in [2.45, 2.75) is 151 Å². The SMILES string of the molecule is CCCOc1c2cc(C(C)(C)C)cc1Cc1cc(C(C)(C)C)cc(c1OCCC)Cc1cc(C(C)(C)C)cc(c1OCCC)Cc1cc(Oc3ccc(OCc4ccccc4)cc3)cc(c1O)C2. The van der Waals surface area contributed by atoms with Crippen LogP contribution in [0.1, 0.15) is 169 Å². The number of hydrogen-bond acceptors (Lipinski definition) is 6. The summed E-state index contributed by atoms with van der Waals surface area (Å²) in [6.45, 7) is 29.2. The molecule has 0 amide bonds. The van der Waals surface area contributed by atoms with Gasteiger partial charge >= 0.3 is 0 Å². The Bertz CT molecular complexity index is 2530. The average molecular weight is 917 g/mol. The summed E-state index contributed by atoms with van der Waals surface area (Å²) in [4.78, 5) is 0. The van der Waals surface area contributed by atoms with Crippen LogP contribution in [0, 0.1) is 0 Å². The first-order chi connectivity index (χ1) is 32.3. The van der Waals surface area contributed by atoms with Gasteiger partial charge in [-0.1, -0.05) is 150 Å². The second kappa shape index (κ2) is 21.2. The Hall–Kier alpha value is -5.88. The monoisotopic (exact) mass is 917 g/mol. The molecule has 8 bridgehead atoms. The van der Waals surface area contributed by atoms with E-state index in [1.807, 2.05) is 54.6 Å². The third-order valence-corrected chi connectivity index (χ3v) is 12.8. The Balaban J connectivity index is 1.48. The second-order valence-corrected chi connectivity index (χ2v) is 21.8. The fraction of sp³-hybridized carbons (Fsp3) is 0.419. The third kappa shape index (κ3) is 12.2. The van der Waals surface area contributed by atoms with Gasteiger partial charge in [-0.3, -0.25) is 0 Å². The van der Waals surface area contributed by atoms with Crippen molar-refractivity contribution < 1.29 is 28.8 Å². The van der Waals surface area contributed by atoms with Gasteiger partial charge in [-0.2, -0.15) is 0 Å². The van der Waals surface area contributed by atoms with Crippen LogP contribution in [0.5, 0.6) is 40.2 Å². The van der Waals surface area contributed by atoms with Gasteiger partial charge in [-0.15, -0.1) is 0 Å². The predicted molar refractivity (Wildman–Crippen MR) is 279 cm³/mol. The highest BCUT2D eigenvalue weighted by Crippen LogP contribution is 2.44. The van der Waals surface area contributed by atoms with E-state index in [1.54, 1.807) is 0 Å². The van der Waals surface area contributed by atoms with E-state index in [9.17, 15) is 5.11 Å². The Morgan fingerprint density at radius 1 is 0.397 bits per heavy atom. The molecule has 7 rings (SSSR count). The quantitative estimate of drug-likeness (QED) is 0.117. The highest BCUT2D eigenvalue weighted by molar-refractivity contribution is 5.60. The van der Waals surface area contributed by atoms with E-state index in [-0.39, 0.29) is 22.0 Å². The van der Waals surface area contributed by atoms with Crippen molar-refractivity contribution in [2.75, 3.05) is 19.8 Å². The largest absolute Gasteiger partial charge is 0.507 e. The highest BCUT2D eigenvalue weighted by atomic mass is 16.5. The summed E-state index contributed by atoms with van der Waals surface area (Å²) in [5.74, 6) is 5.00. The third-order valence-electron chi connectivity index (χ3n) is 12.8. The van der Waals surface area contributed by atoms with Gasteiger partial charge < -0.3 is 28.8 Å². The Morgan fingerprint density at radius 2 is 0.735 bits per heavy atom. The summed E-state index contributed by atoms with van der Waals surface area (Å²) < 4.78 is 33.5. The number of aromatic hydroxyl groups is 1. The van der Waals surface area contributed by atoms with Crippen molar-refractivity contribution in [3.63, 3.8) is 0 Å². The van der Waals surface area contributed by atoms with Crippen molar-refractivity contribution in [3.05, 3.63) is 170 Å². The molecule has 0 saturated heterocycles. The molecular formula is C62H76O6. The Morgan fingerprint density at radius 3 is 1.07 bits per heavy atom. The predicted octanol–water partition coefficient (Wildman–Crippen LogP) is 15.7. The molecule has 0 spiro atoms. The number of fused-ring (bicyclic) bond motifs is 8. The topological polar surface area (TPSA) is 66.4 Å². The number of ether oxygens (including phenoxy) is 5. The maximum Gasteiger partial charge on any atom is 0.128 e. The average Bonchev–Trinajstić information content (AvgIpc) is 3.28. The van der Waals surface area contributed by atoms with Gasteiger partial charge in [0.15, 0.2) is 0 Å². The normalized spacial score (nSPS) is 12.9. The first-order valence-corrected chi connectivity index (χ1v) is 25.0. The molecule has 1 aliphatic carbocycles. The number of benzene rings is 6. The van der Waals surface area contributed by atoms with Gasteiger partial charge in [-0.25, -0.2) is 0 Å². The first kappa shape index (κ1) is 50.0. The standard InChI is InChI=1S/C62H76O6/c1-13-25-64-57-44-28-42-38-55(68-54-23-21-53(22-24-54)67-40-41-19-17-16-18-20-41)39-43(56(42)63)29-45-33-51(61(7,8)9)35-47(58(45)65-26-14-2)31-49-37-52(62(10,11)12)36-48(59(49)66-27-15-3)30-46(57)34-50(32-44)60(4,5)6/h16-24,32-39,63H,13-15,25-31,40H2,1-12H3. The van der Waals surface area contributed by atoms with Crippen LogP contribution in [-0.4, -0.2) is 24.9 Å². The van der Waals surface area contributed by atoms with E-state index in [1.165, 1.54) is 16.7 Å². The summed E-state index contributed by atoms with van der Waals surface area (Å²) in [5, 5.41) is 12.7. The van der Waals surface area contributed by atoms with E-state index < -0.39 is 0 Å². The molecule has 0 heterocycles. The van der Waals surface area contributed by atoms with Crippen LogP contribution in [0.4, 0.5) is 0 Å². The van der Waals surface area contributed by atoms with E-state index in [4.69, 9.17) is 23.7 Å². The molecule has 360 valence electrons. The first-order valence-electron chi connectivity index (χ1n) is 25.0. The molecule has 6 aromatic carbocycles. The van der Waals surface area contributed by atoms with Gasteiger partial charge in [0.05, 0.1) is 19.8 Å². The van der Waals surface area contributed by atoms with E-state index in [2.05, 4.69) is 132 Å². The van der Waals surface area contributed by atoms with Gasteiger partial charge in [-0.05, 0) is 128 Å². The van der Waals surface area contributed by atoms with Crippen molar-refractivity contribution in [3.8, 4) is 40.2 Å². The van der Waals surface area contributed by atoms with Gasteiger partial charge in [0.25, 0.3) is 0 Å². The van der Waals surface area contributed by atoms with Crippen LogP contribution in [-0.2, 0) is 48.5 Å². The zero-order valence-corrected chi connectivity index (χ0v) is 43.1. The fourth-order valence-electron chi connectivity index (χ4n) is 8.88. The number of hydrogen-bond donors (Lipinski definition) is 1. The molecule has 0 radical (unpaired) electrons. The zero-order valence-electron chi connectivity index (χ0n) is 43.1. The zero-order chi connectivity index (χ0) is 48.8. The molecule has 0 saturated carbocycles. The van der Waals surface area contributed by atoms with Crippen LogP contribution < -0.4 is 23.7 Å². The molecule has 0 aromatic heterocycles. The van der Waals surface area contributed by atoms with Crippen LogP contribution in [0.15, 0.2) is 103 Å². The van der Waals surface area contributed by atoms with Gasteiger partial charge in [0.2, 0.25) is 0 Å². The Kier molecular flexibility index (Phi) is 15.6. The Labute approximate surface area is 408 Å². The van der Waals surface area contributed by atoms with Crippen LogP contribution in [0.25, 0.3) is 0 Å². The van der Waals surface area contributed by atoms with E-state index in [0.29, 0.717) is 63.6 Å². The second-order valence-electron chi connectivity index (χ2n) is 21.8. The minimum atomic E-state index is -0.162. The number of phenols is 1. The minimum absolute atomic E-state index is 0.119. The van der Waals surface area contributed by atoms with Crippen molar-refractivity contribution >= 4 is 0 Å². The molecule has 1 N–H and O–H groups in total. The van der Waals surface area contributed by atoms with Crippen molar-refractivity contribution in [1.82, 2.24) is 0 Å². The summed E-state index contributed by atoms with van der Waals surface area (Å²) in [6.07, 6.45) is 4.70. The highest BCUT2D eigenvalue weighted by Gasteiger charge is 2.28. The van der Waals surface area contributed by atoms with Crippen LogP contribution in [0.2, 0.25) is 0 Å². The van der Waals surface area contributed by atoms with Crippen LogP contribution in [0.3, 0.4) is 0 Å². The smallest absolute Gasteiger partial charge is 0.128 e. The van der Waals surface area contributed by atoms with Gasteiger partial charge in [0, 0.05) is 36.8 Å². The molecule has 1 aliphatic rings. The summed E-state index contributed by atoms with van der Waals surface area (Å²) in [6, 6.07) is 35.9. The van der Waals surface area contributed by atoms with E-state index >= 15 is 0 Å². The maximum atomic E-state index is 12.7. The van der Waals surface area contributed by atoms with Crippen molar-refractivity contribution in [2.24, 2.45) is 0 Å². The number of phenolic OH excluding ortho intramolecular Hbond substituents is 1. The summed E-state index contributed by atoms with van der Waals surface area (Å²) in [5.41, 5.74) is 12.4. The number of rotatable bonds is 14. The minimum Gasteiger partial charge on any atom is -0.507 e. The summed E-state index contributed by atoms with van der Waals surface area (Å²) >= 11 is 0. The molecule has 6 aromatic rings. The van der Waals surface area contributed by atoms with E-state index in [0.717, 1.165) is 92.3 Å². The fourth-order valence-corrected chi connectivity index (χ4v) is 8.88. The van der Waals surface area contributed by atoms with Gasteiger partial charge in [0.1, 0.15) is 46.9 Å². The van der Waals surface area contributed by atoms with Crippen LogP contribution >= 0.6 is 0 Å². The molecular weight excluding hydrogens is 841 g/mol. The lowest BCUT2D eigenvalue weighted by molar-refractivity contribution is 0.306. The molecule has 0 aliphatic heterocycles. The molecule has 0 atom stereocenters. The molecule has 68 heavy (non-hydrogen) atoms. The maximum absolute atomic E-state index is 12.7. The van der Waals surface area contributed by atoms with Crippen molar-refractivity contribution in [1.29, 1.82) is 0 Å². The lowest BCUT2D eigenvalue weighted by Crippen LogP contribution is -2.17. The molecule has 0 unspecified atom stereocenters. The summed E-state index contributed by atoms with van der Waals surface area (Å²) in [7, 11) is 0. The molecule has 0 fully saturated rings. The lowest BCUT2D eigenvalue weighted by Gasteiger charge is -2.28.